The van der Waals surface area contributed by atoms with Crippen molar-refractivity contribution in [2.24, 2.45) is 0 Å². The van der Waals surface area contributed by atoms with Gasteiger partial charge in [0.05, 0.1) is 6.20 Å². The van der Waals surface area contributed by atoms with Crippen molar-refractivity contribution >= 4 is 22.9 Å². The lowest BCUT2D eigenvalue weighted by atomic mass is 9.77. The fraction of sp³-hybridized carbons (Fsp3) is 0.238. The molecule has 0 aliphatic heterocycles. The minimum absolute atomic E-state index is 0.0784. The van der Waals surface area contributed by atoms with Gasteiger partial charge in [0.1, 0.15) is 34.9 Å². The minimum Gasteiger partial charge on any atom is -0.427 e. The highest BCUT2D eigenvalue weighted by Gasteiger charge is 2.46. The monoisotopic (exact) mass is 436 g/mol. The Bertz CT molecular complexity index is 1370. The summed E-state index contributed by atoms with van der Waals surface area (Å²) in [5.74, 6) is -0.629. The molecule has 32 heavy (non-hydrogen) atoms. The molecule has 1 aliphatic carbocycles. The average molecular weight is 436 g/mol. The molecule has 0 spiro atoms. The number of aliphatic hydroxyl groups is 1. The van der Waals surface area contributed by atoms with Gasteiger partial charge in [-0.1, -0.05) is 21.9 Å². The number of nitrogens with zero attached hydrogens (tertiary/aromatic N) is 6. The van der Waals surface area contributed by atoms with E-state index in [1.54, 1.807) is 30.5 Å². The van der Waals surface area contributed by atoms with Gasteiger partial charge in [0.15, 0.2) is 0 Å². The SMILES string of the molecule is Nc1nc(-c2cn(Cc3cccc(C4(O)CCC4)[n+]3C(=O)O)nn2)c2cccc(F)c2n1. The lowest BCUT2D eigenvalue weighted by Crippen LogP contribution is -2.55. The van der Waals surface area contributed by atoms with Crippen LogP contribution in [0.25, 0.3) is 22.3 Å². The van der Waals surface area contributed by atoms with Gasteiger partial charge in [-0.25, -0.2) is 19.0 Å². The van der Waals surface area contributed by atoms with Gasteiger partial charge in [0, 0.05) is 17.5 Å². The molecule has 0 unspecified atom stereocenters. The summed E-state index contributed by atoms with van der Waals surface area (Å²) in [6.45, 7) is 0.0794. The normalized spacial score (nSPS) is 14.9. The number of anilines is 1. The first-order valence-electron chi connectivity index (χ1n) is 9.98. The van der Waals surface area contributed by atoms with Gasteiger partial charge in [-0.3, -0.25) is 0 Å². The van der Waals surface area contributed by atoms with E-state index < -0.39 is 17.5 Å². The lowest BCUT2D eigenvalue weighted by molar-refractivity contribution is -0.612. The van der Waals surface area contributed by atoms with Gasteiger partial charge in [0.2, 0.25) is 17.3 Å². The van der Waals surface area contributed by atoms with Crippen LogP contribution >= 0.6 is 0 Å². The molecule has 1 saturated carbocycles. The van der Waals surface area contributed by atoms with Crippen LogP contribution in [-0.4, -0.2) is 41.3 Å². The molecule has 11 heteroatoms. The number of halogens is 1. The van der Waals surface area contributed by atoms with Crippen LogP contribution in [0.1, 0.15) is 30.7 Å². The zero-order chi connectivity index (χ0) is 22.5. The molecule has 162 valence electrons. The van der Waals surface area contributed by atoms with Crippen molar-refractivity contribution in [2.75, 3.05) is 5.73 Å². The van der Waals surface area contributed by atoms with E-state index in [1.165, 1.54) is 16.8 Å². The molecule has 3 aromatic heterocycles. The average Bonchev–Trinajstić information content (AvgIpc) is 3.20. The summed E-state index contributed by atoms with van der Waals surface area (Å²) < 4.78 is 16.7. The van der Waals surface area contributed by atoms with Crippen molar-refractivity contribution in [3.63, 3.8) is 0 Å². The topological polar surface area (TPSA) is 144 Å². The van der Waals surface area contributed by atoms with Crippen LogP contribution in [0.4, 0.5) is 15.1 Å². The summed E-state index contributed by atoms with van der Waals surface area (Å²) in [7, 11) is 0. The number of fused-ring (bicyclic) bond motifs is 1. The molecule has 1 aliphatic rings. The van der Waals surface area contributed by atoms with Crippen LogP contribution in [0.15, 0.2) is 42.6 Å². The number of hydrogen-bond donors (Lipinski definition) is 3. The highest BCUT2D eigenvalue weighted by atomic mass is 19.1. The Hall–Kier alpha value is -3.99. The standard InChI is InChI=1S/C21H18FN7O3/c22-14-6-2-5-13-17(14)24-19(23)25-18(13)15-11-28(27-26-15)10-12-4-1-7-16(29(12)20(30)31)21(32)8-3-9-21/h1-2,4-7,11,32H,3,8-10H2,(H2-,23,24,25,30,31)/p+1. The second-order valence-corrected chi connectivity index (χ2v) is 7.77. The first-order chi connectivity index (χ1) is 15.4. The van der Waals surface area contributed by atoms with E-state index in [1.807, 2.05) is 0 Å². The second kappa shape index (κ2) is 7.31. The Balaban J connectivity index is 1.54. The van der Waals surface area contributed by atoms with Gasteiger partial charge < -0.3 is 15.9 Å². The van der Waals surface area contributed by atoms with E-state index >= 15 is 0 Å². The number of carbonyl (C=O) groups is 1. The third kappa shape index (κ3) is 3.23. The largest absolute Gasteiger partial charge is 0.600 e. The molecule has 1 aromatic carbocycles. The number of pyridine rings is 1. The third-order valence-corrected chi connectivity index (χ3v) is 5.72. The summed E-state index contributed by atoms with van der Waals surface area (Å²) in [6, 6.07) is 9.45. The van der Waals surface area contributed by atoms with Crippen LogP contribution in [0.3, 0.4) is 0 Å². The number of nitrogens with two attached hydrogens (primary N) is 1. The summed E-state index contributed by atoms with van der Waals surface area (Å²) in [4.78, 5) is 20.2. The smallest absolute Gasteiger partial charge is 0.427 e. The van der Waals surface area contributed by atoms with Crippen LogP contribution in [0, 0.1) is 5.82 Å². The molecular formula is C21H19FN7O3+. The minimum atomic E-state index is -1.19. The Morgan fingerprint density at radius 2 is 2.00 bits per heavy atom. The lowest BCUT2D eigenvalue weighted by Gasteiger charge is -2.33. The van der Waals surface area contributed by atoms with E-state index in [4.69, 9.17) is 5.73 Å². The van der Waals surface area contributed by atoms with Crippen molar-refractivity contribution in [2.45, 2.75) is 31.4 Å². The Labute approximate surface area is 180 Å². The number of hydrogen-bond acceptors (Lipinski definition) is 7. The van der Waals surface area contributed by atoms with Gasteiger partial charge in [-0.05, 0) is 31.4 Å². The molecule has 0 bridgehead atoms. The molecule has 1 fully saturated rings. The van der Waals surface area contributed by atoms with Crippen LogP contribution in [0.5, 0.6) is 0 Å². The van der Waals surface area contributed by atoms with Crippen LogP contribution in [-0.2, 0) is 12.1 Å². The molecule has 0 amide bonds. The quantitative estimate of drug-likeness (QED) is 0.411. The van der Waals surface area contributed by atoms with Gasteiger partial charge >= 0.3 is 6.09 Å². The predicted octanol–water partition coefficient (Wildman–Crippen LogP) is 1.84. The molecule has 0 atom stereocenters. The number of rotatable bonds is 4. The first-order valence-corrected chi connectivity index (χ1v) is 9.98. The summed E-state index contributed by atoms with van der Waals surface area (Å²) in [6.07, 6.45) is 2.24. The van der Waals surface area contributed by atoms with Crippen molar-refractivity contribution in [1.29, 1.82) is 0 Å². The Morgan fingerprint density at radius 3 is 2.72 bits per heavy atom. The van der Waals surface area contributed by atoms with Crippen molar-refractivity contribution < 1.29 is 24.0 Å². The van der Waals surface area contributed by atoms with E-state index in [2.05, 4.69) is 20.3 Å². The van der Waals surface area contributed by atoms with Crippen molar-refractivity contribution in [3.05, 3.63) is 59.8 Å². The van der Waals surface area contributed by atoms with E-state index in [0.717, 1.165) is 11.0 Å². The number of nitrogen functional groups attached to an aromatic ring is 1. The van der Waals surface area contributed by atoms with Gasteiger partial charge in [-0.2, -0.15) is 4.79 Å². The highest BCUT2D eigenvalue weighted by molar-refractivity contribution is 5.92. The first kappa shape index (κ1) is 19.9. The van der Waals surface area contributed by atoms with E-state index in [0.29, 0.717) is 41.0 Å². The maximum absolute atomic E-state index is 14.2. The fourth-order valence-electron chi connectivity index (χ4n) is 4.01. The fourth-order valence-corrected chi connectivity index (χ4v) is 4.01. The summed E-state index contributed by atoms with van der Waals surface area (Å²) in [5.41, 5.74) is 6.08. The molecule has 4 N–H and O–H groups in total. The zero-order valence-electron chi connectivity index (χ0n) is 16.8. The molecule has 3 heterocycles. The molecule has 0 radical (unpaired) electrons. The summed E-state index contributed by atoms with van der Waals surface area (Å²) in [5, 5.41) is 29.2. The number of benzene rings is 1. The highest BCUT2D eigenvalue weighted by Crippen LogP contribution is 2.39. The van der Waals surface area contributed by atoms with E-state index in [-0.39, 0.29) is 18.0 Å². The zero-order valence-corrected chi connectivity index (χ0v) is 16.8. The maximum atomic E-state index is 14.2. The Kier molecular flexibility index (Phi) is 4.55. The van der Waals surface area contributed by atoms with Crippen LogP contribution in [0.2, 0.25) is 0 Å². The van der Waals surface area contributed by atoms with Gasteiger partial charge in [-0.15, -0.1) is 5.10 Å². The molecule has 0 saturated heterocycles. The number of para-hydroxylation sites is 1. The molecule has 10 nitrogen and oxygen atoms in total. The molecule has 5 rings (SSSR count). The predicted molar refractivity (Wildman–Crippen MR) is 110 cm³/mol. The summed E-state index contributed by atoms with van der Waals surface area (Å²) >= 11 is 0. The van der Waals surface area contributed by atoms with Crippen molar-refractivity contribution in [3.8, 4) is 11.4 Å². The Morgan fingerprint density at radius 1 is 1.22 bits per heavy atom. The van der Waals surface area contributed by atoms with Crippen LogP contribution < -0.4 is 10.3 Å². The van der Waals surface area contributed by atoms with E-state index in [9.17, 15) is 19.4 Å². The molecular weight excluding hydrogens is 417 g/mol. The van der Waals surface area contributed by atoms with Gasteiger partial charge in [0.25, 0.3) is 0 Å². The number of aromatic nitrogens is 6. The van der Waals surface area contributed by atoms with Crippen molar-refractivity contribution in [1.82, 2.24) is 25.0 Å². The maximum Gasteiger partial charge on any atom is 0.600 e. The third-order valence-electron chi connectivity index (χ3n) is 5.72. The second-order valence-electron chi connectivity index (χ2n) is 7.77. The number of carboxylic acid groups (broad SMARTS) is 1. The molecule has 4 aromatic rings.